The number of rotatable bonds is 7. The Hall–Kier alpha value is -0.610. The summed E-state index contributed by atoms with van der Waals surface area (Å²) >= 11 is 9.88. The van der Waals surface area contributed by atoms with Gasteiger partial charge < -0.3 is 4.74 Å². The molecule has 0 radical (unpaired) electrons. The maximum atomic E-state index is 13.8. The first-order valence-corrected chi connectivity index (χ1v) is 8.95. The van der Waals surface area contributed by atoms with Crippen molar-refractivity contribution >= 4 is 83.6 Å². The van der Waals surface area contributed by atoms with Gasteiger partial charge in [-0.05, 0) is 22.6 Å². The molecular formula is C10H5Br2F2IN2O6S. The molecule has 14 heteroatoms. The lowest BCUT2D eigenvalue weighted by Gasteiger charge is -2.20. The summed E-state index contributed by atoms with van der Waals surface area (Å²) in [6.45, 7) is 0. The molecule has 0 bridgehead atoms. The van der Waals surface area contributed by atoms with Gasteiger partial charge in [-0.1, -0.05) is 31.9 Å². The first-order valence-electron chi connectivity index (χ1n) is 5.59. The minimum atomic E-state index is -3.91. The lowest BCUT2D eigenvalue weighted by Crippen LogP contribution is -2.32. The molecule has 0 atom stereocenters. The van der Waals surface area contributed by atoms with Crippen molar-refractivity contribution in [1.82, 2.24) is 0 Å². The highest BCUT2D eigenvalue weighted by atomic mass is 127. The monoisotopic (exact) mass is 604 g/mol. The number of thiol groups is 1. The van der Waals surface area contributed by atoms with Gasteiger partial charge in [-0.25, -0.2) is 0 Å². The summed E-state index contributed by atoms with van der Waals surface area (Å²) in [4.78, 5) is 31.5. The predicted octanol–water partition coefficient (Wildman–Crippen LogP) is 4.19. The zero-order valence-electron chi connectivity index (χ0n) is 11.0. The summed E-state index contributed by atoms with van der Waals surface area (Å²) in [6.07, 6.45) is -4.72. The zero-order valence-corrected chi connectivity index (χ0v) is 17.3. The summed E-state index contributed by atoms with van der Waals surface area (Å²) in [7, 11) is 0. The van der Waals surface area contributed by atoms with E-state index in [2.05, 4.69) is 49.2 Å². The average Bonchev–Trinajstić information content (AvgIpc) is 2.40. The van der Waals surface area contributed by atoms with E-state index in [1.165, 1.54) is 22.6 Å². The van der Waals surface area contributed by atoms with Crippen LogP contribution in [0.3, 0.4) is 0 Å². The molecule has 0 aliphatic heterocycles. The molecule has 0 aliphatic rings. The highest BCUT2D eigenvalue weighted by Crippen LogP contribution is 2.45. The number of benzene rings is 1. The van der Waals surface area contributed by atoms with Crippen molar-refractivity contribution in [2.45, 2.75) is 16.3 Å². The minimum Gasteiger partial charge on any atom is -0.423 e. The quantitative estimate of drug-likeness (QED) is 0.164. The Kier molecular flexibility index (Phi) is 7.30. The van der Waals surface area contributed by atoms with Crippen LogP contribution in [0.4, 0.5) is 20.2 Å². The molecular weight excluding hydrogens is 601 g/mol. The fourth-order valence-corrected chi connectivity index (χ4v) is 2.61. The second-order valence-corrected chi connectivity index (χ2v) is 8.80. The third-order valence-corrected chi connectivity index (χ3v) is 4.52. The summed E-state index contributed by atoms with van der Waals surface area (Å²) in [5, 5.41) is 21.5. The molecule has 0 aromatic heterocycles. The molecule has 0 fully saturated rings. The van der Waals surface area contributed by atoms with Crippen LogP contribution in [0.25, 0.3) is 0 Å². The molecule has 0 saturated carbocycles. The van der Waals surface area contributed by atoms with Gasteiger partial charge >= 0.3 is 11.8 Å². The molecule has 0 spiro atoms. The van der Waals surface area contributed by atoms with Gasteiger partial charge in [-0.3, -0.25) is 25.0 Å². The van der Waals surface area contributed by atoms with Gasteiger partial charge in [0.2, 0.25) is 5.75 Å². The number of alkyl halides is 4. The average molecular weight is 606 g/mol. The van der Waals surface area contributed by atoms with Crippen LogP contribution in [0, 0.1) is 23.8 Å². The molecule has 1 aromatic rings. The summed E-state index contributed by atoms with van der Waals surface area (Å²) < 4.78 is 29.9. The SMILES string of the molecule is O=C(S)Cc1c([N+](=O)[O-])cc(I)c(OC(F)(F)C(Br)Br)c1[N+](=O)[O-]. The highest BCUT2D eigenvalue weighted by molar-refractivity contribution is 14.1. The van der Waals surface area contributed by atoms with E-state index in [0.717, 1.165) is 6.07 Å². The van der Waals surface area contributed by atoms with Crippen LogP contribution in [0.5, 0.6) is 5.75 Å². The molecule has 24 heavy (non-hydrogen) atoms. The Morgan fingerprint density at radius 1 is 1.38 bits per heavy atom. The van der Waals surface area contributed by atoms with E-state index in [1.54, 1.807) is 0 Å². The van der Waals surface area contributed by atoms with Crippen LogP contribution >= 0.6 is 67.1 Å². The molecule has 0 unspecified atom stereocenters. The van der Waals surface area contributed by atoms with Crippen molar-refractivity contribution in [3.05, 3.63) is 35.4 Å². The van der Waals surface area contributed by atoms with E-state index >= 15 is 0 Å². The largest absolute Gasteiger partial charge is 0.423 e. The normalized spacial score (nSPS) is 11.5. The number of nitrogens with zero attached hydrogens (tertiary/aromatic N) is 2. The molecule has 0 N–H and O–H groups in total. The minimum absolute atomic E-state index is 0.290. The number of ether oxygens (including phenoxy) is 1. The van der Waals surface area contributed by atoms with Gasteiger partial charge in [0.05, 0.1) is 19.8 Å². The topological polar surface area (TPSA) is 113 Å². The van der Waals surface area contributed by atoms with E-state index in [1.807, 2.05) is 0 Å². The molecule has 1 rings (SSSR count). The van der Waals surface area contributed by atoms with Gasteiger partial charge in [-0.15, -0.1) is 12.6 Å². The Balaban J connectivity index is 3.74. The smallest absolute Gasteiger partial charge is 0.421 e. The van der Waals surface area contributed by atoms with Gasteiger partial charge in [0.15, 0.2) is 8.85 Å². The Morgan fingerprint density at radius 3 is 2.29 bits per heavy atom. The van der Waals surface area contributed by atoms with Crippen LogP contribution in [-0.2, 0) is 11.2 Å². The number of nitro benzene ring substituents is 2. The van der Waals surface area contributed by atoms with Crippen molar-refractivity contribution in [3.63, 3.8) is 0 Å². The van der Waals surface area contributed by atoms with E-state index in [0.29, 0.717) is 0 Å². The van der Waals surface area contributed by atoms with Crippen LogP contribution in [0.15, 0.2) is 6.07 Å². The second kappa shape index (κ2) is 8.18. The first-order chi connectivity index (χ1) is 10.9. The summed E-state index contributed by atoms with van der Waals surface area (Å²) in [6, 6.07) is 0.808. The third-order valence-electron chi connectivity index (χ3n) is 2.49. The molecule has 0 saturated heterocycles. The molecule has 0 heterocycles. The highest BCUT2D eigenvalue weighted by Gasteiger charge is 2.44. The molecule has 8 nitrogen and oxygen atoms in total. The maximum Gasteiger partial charge on any atom is 0.421 e. The molecule has 0 aliphatic carbocycles. The number of carbonyl (C=O) groups is 1. The Morgan fingerprint density at radius 2 is 1.92 bits per heavy atom. The van der Waals surface area contributed by atoms with Gasteiger partial charge in [0, 0.05) is 6.07 Å². The fourth-order valence-electron chi connectivity index (χ4n) is 1.60. The Bertz CT molecular complexity index is 721. The maximum absolute atomic E-state index is 13.8. The first kappa shape index (κ1) is 21.4. The van der Waals surface area contributed by atoms with Crippen LogP contribution in [-0.4, -0.2) is 24.8 Å². The van der Waals surface area contributed by atoms with Crippen LogP contribution < -0.4 is 4.74 Å². The van der Waals surface area contributed by atoms with E-state index < -0.39 is 53.9 Å². The predicted molar refractivity (Wildman–Crippen MR) is 97.4 cm³/mol. The van der Waals surface area contributed by atoms with Crippen molar-refractivity contribution in [2.75, 3.05) is 0 Å². The lowest BCUT2D eigenvalue weighted by molar-refractivity contribution is -0.396. The van der Waals surface area contributed by atoms with Gasteiger partial charge in [0.1, 0.15) is 5.56 Å². The van der Waals surface area contributed by atoms with E-state index in [4.69, 9.17) is 0 Å². The van der Waals surface area contributed by atoms with Crippen LogP contribution in [0.2, 0.25) is 0 Å². The fraction of sp³-hybridized carbons (Fsp3) is 0.300. The second-order valence-electron chi connectivity index (χ2n) is 4.08. The Labute approximate surface area is 168 Å². The van der Waals surface area contributed by atoms with Crippen LogP contribution in [0.1, 0.15) is 5.56 Å². The third kappa shape index (κ3) is 4.95. The molecule has 132 valence electrons. The van der Waals surface area contributed by atoms with Crippen molar-refractivity contribution in [2.24, 2.45) is 0 Å². The van der Waals surface area contributed by atoms with E-state index in [9.17, 15) is 33.8 Å². The van der Waals surface area contributed by atoms with Crippen molar-refractivity contribution in [3.8, 4) is 5.75 Å². The van der Waals surface area contributed by atoms with Gasteiger partial charge in [-0.2, -0.15) is 8.78 Å². The van der Waals surface area contributed by atoms with Crippen molar-refractivity contribution < 1.29 is 28.2 Å². The zero-order chi connectivity index (χ0) is 18.8. The number of hydrogen-bond acceptors (Lipinski definition) is 6. The standard InChI is InChI=1S/C10H5Br2F2IN2O6S/c11-9(12)10(13,14)23-8-4(15)2-5(16(19)20)3(1-6(18)24)7(8)17(21)22/h2,9H,1H2,(H,18,24). The van der Waals surface area contributed by atoms with Gasteiger partial charge in [0.25, 0.3) is 5.69 Å². The number of halogens is 5. The summed E-state index contributed by atoms with van der Waals surface area (Å²) in [5.74, 6) is -0.885. The van der Waals surface area contributed by atoms with E-state index in [-0.39, 0.29) is 3.57 Å². The molecule has 0 amide bonds. The van der Waals surface area contributed by atoms with Crippen molar-refractivity contribution in [1.29, 1.82) is 0 Å². The lowest BCUT2D eigenvalue weighted by atomic mass is 10.1. The number of nitro groups is 2. The molecule has 1 aromatic carbocycles. The number of carbonyl (C=O) groups excluding carboxylic acids is 1. The summed E-state index contributed by atoms with van der Waals surface area (Å²) in [5.41, 5.74) is -2.52. The number of hydrogen-bond donors (Lipinski definition) is 1.